The fourth-order valence-corrected chi connectivity index (χ4v) is 2.26. The van der Waals surface area contributed by atoms with Crippen LogP contribution in [0.4, 0.5) is 17.5 Å². The lowest BCUT2D eigenvalue weighted by Gasteiger charge is -2.09. The molecular formula is C17H20N4O2. The summed E-state index contributed by atoms with van der Waals surface area (Å²) >= 11 is 0. The van der Waals surface area contributed by atoms with Gasteiger partial charge in [0.2, 0.25) is 5.95 Å². The molecule has 0 radical (unpaired) electrons. The van der Waals surface area contributed by atoms with Crippen LogP contribution in [-0.4, -0.2) is 29.1 Å². The van der Waals surface area contributed by atoms with Gasteiger partial charge in [0, 0.05) is 24.5 Å². The van der Waals surface area contributed by atoms with Gasteiger partial charge in [-0.3, -0.25) is 0 Å². The van der Waals surface area contributed by atoms with E-state index in [1.54, 1.807) is 19.2 Å². The van der Waals surface area contributed by atoms with Gasteiger partial charge in [-0.25, -0.2) is 9.78 Å². The minimum absolute atomic E-state index is 0.0670. The van der Waals surface area contributed by atoms with Gasteiger partial charge in [0.15, 0.2) is 0 Å². The van der Waals surface area contributed by atoms with Crippen molar-refractivity contribution in [3.63, 3.8) is 0 Å². The van der Waals surface area contributed by atoms with Crippen molar-refractivity contribution in [2.24, 2.45) is 5.92 Å². The number of aryl methyl sites for hydroxylation is 1. The zero-order valence-corrected chi connectivity index (χ0v) is 13.5. The quantitative estimate of drug-likeness (QED) is 0.826. The number of ether oxygens (including phenoxy) is 1. The number of aromatic nitrogens is 2. The van der Waals surface area contributed by atoms with Crippen molar-refractivity contribution in [3.05, 3.63) is 41.6 Å². The number of nitrogens with zero attached hydrogens (tertiary/aromatic N) is 2. The lowest BCUT2D eigenvalue weighted by atomic mass is 10.2. The van der Waals surface area contributed by atoms with Crippen molar-refractivity contribution in [1.29, 1.82) is 0 Å². The molecule has 2 unspecified atom stereocenters. The Morgan fingerprint density at radius 1 is 1.30 bits per heavy atom. The van der Waals surface area contributed by atoms with E-state index in [0.717, 1.165) is 23.6 Å². The molecule has 6 heteroatoms. The van der Waals surface area contributed by atoms with E-state index in [1.165, 1.54) is 0 Å². The van der Waals surface area contributed by atoms with Crippen LogP contribution in [0.1, 0.15) is 29.4 Å². The Hall–Kier alpha value is -2.63. The van der Waals surface area contributed by atoms with Crippen LogP contribution in [0.15, 0.2) is 30.3 Å². The summed E-state index contributed by atoms with van der Waals surface area (Å²) in [5.41, 5.74) is 2.12. The minimum atomic E-state index is -0.288. The number of carbonyl (C=O) groups is 1. The predicted octanol–water partition coefficient (Wildman–Crippen LogP) is 3.14. The van der Waals surface area contributed by atoms with Crippen LogP contribution in [0.2, 0.25) is 0 Å². The number of anilines is 3. The summed E-state index contributed by atoms with van der Waals surface area (Å²) in [6.07, 6.45) is 1.02. The maximum atomic E-state index is 12.1. The third kappa shape index (κ3) is 3.77. The van der Waals surface area contributed by atoms with Crippen molar-refractivity contribution >= 4 is 23.4 Å². The second-order valence-electron chi connectivity index (χ2n) is 5.83. The van der Waals surface area contributed by atoms with E-state index in [9.17, 15) is 4.79 Å². The number of rotatable bonds is 5. The summed E-state index contributed by atoms with van der Waals surface area (Å²) in [5.74, 6) is 1.40. The predicted molar refractivity (Wildman–Crippen MR) is 89.0 cm³/mol. The smallest absolute Gasteiger partial charge is 0.338 e. The highest BCUT2D eigenvalue weighted by atomic mass is 16.5. The summed E-state index contributed by atoms with van der Waals surface area (Å²) in [5, 5.41) is 6.11. The molecule has 3 rings (SSSR count). The Morgan fingerprint density at radius 2 is 2.09 bits per heavy atom. The van der Waals surface area contributed by atoms with Gasteiger partial charge in [-0.2, -0.15) is 4.98 Å². The number of carbonyl (C=O) groups excluding carboxylic acids is 1. The lowest BCUT2D eigenvalue weighted by molar-refractivity contribution is 0.0454. The molecule has 2 atom stereocenters. The molecule has 1 aromatic heterocycles. The molecule has 1 aliphatic rings. The first kappa shape index (κ1) is 15.3. The van der Waals surface area contributed by atoms with Crippen LogP contribution in [0, 0.1) is 12.8 Å². The highest BCUT2D eigenvalue weighted by molar-refractivity contribution is 5.91. The number of hydrogen-bond donors (Lipinski definition) is 2. The second-order valence-corrected chi connectivity index (χ2v) is 5.83. The molecule has 1 aliphatic carbocycles. The molecule has 2 aromatic rings. The molecule has 1 saturated carbocycles. The Balaban J connectivity index is 1.74. The first-order valence-electron chi connectivity index (χ1n) is 7.66. The number of esters is 1. The molecular weight excluding hydrogens is 292 g/mol. The molecule has 2 N–H and O–H groups in total. The third-order valence-electron chi connectivity index (χ3n) is 3.76. The Labute approximate surface area is 135 Å². The first-order valence-corrected chi connectivity index (χ1v) is 7.66. The first-order chi connectivity index (χ1) is 11.0. The van der Waals surface area contributed by atoms with Gasteiger partial charge in [-0.1, -0.05) is 13.0 Å². The Kier molecular flexibility index (Phi) is 4.14. The topological polar surface area (TPSA) is 76.1 Å². The summed E-state index contributed by atoms with van der Waals surface area (Å²) < 4.78 is 5.41. The van der Waals surface area contributed by atoms with Crippen molar-refractivity contribution in [2.45, 2.75) is 26.4 Å². The van der Waals surface area contributed by atoms with Crippen LogP contribution >= 0.6 is 0 Å². The van der Waals surface area contributed by atoms with Crippen molar-refractivity contribution < 1.29 is 9.53 Å². The molecule has 120 valence electrons. The maximum absolute atomic E-state index is 12.1. The number of hydrogen-bond acceptors (Lipinski definition) is 6. The summed E-state index contributed by atoms with van der Waals surface area (Å²) in [4.78, 5) is 20.8. The van der Waals surface area contributed by atoms with E-state index in [0.29, 0.717) is 17.4 Å². The molecule has 6 nitrogen and oxygen atoms in total. The molecule has 0 saturated heterocycles. The Morgan fingerprint density at radius 3 is 2.78 bits per heavy atom. The summed E-state index contributed by atoms with van der Waals surface area (Å²) in [6.45, 7) is 3.97. The van der Waals surface area contributed by atoms with Crippen LogP contribution in [0.5, 0.6) is 0 Å². The van der Waals surface area contributed by atoms with Gasteiger partial charge in [-0.05, 0) is 37.5 Å². The fraction of sp³-hybridized carbons (Fsp3) is 0.353. The average molecular weight is 312 g/mol. The van der Waals surface area contributed by atoms with Crippen LogP contribution in [0.3, 0.4) is 0 Å². The Bertz CT molecular complexity index is 732. The number of nitrogens with one attached hydrogen (secondary N) is 2. The van der Waals surface area contributed by atoms with Gasteiger partial charge in [0.25, 0.3) is 0 Å². The maximum Gasteiger partial charge on any atom is 0.338 e. The number of benzene rings is 1. The van der Waals surface area contributed by atoms with Crippen LogP contribution < -0.4 is 10.6 Å². The molecule has 0 spiro atoms. The van der Waals surface area contributed by atoms with Crippen molar-refractivity contribution in [3.8, 4) is 0 Å². The van der Waals surface area contributed by atoms with Crippen LogP contribution in [-0.2, 0) is 4.74 Å². The lowest BCUT2D eigenvalue weighted by Crippen LogP contribution is -2.08. The average Bonchev–Trinajstić information content (AvgIpc) is 3.21. The van der Waals surface area contributed by atoms with Gasteiger partial charge in [0.1, 0.15) is 11.9 Å². The second kappa shape index (κ2) is 6.24. The van der Waals surface area contributed by atoms with Crippen molar-refractivity contribution in [2.75, 3.05) is 17.7 Å². The fourth-order valence-electron chi connectivity index (χ4n) is 2.26. The highest BCUT2D eigenvalue weighted by Gasteiger charge is 2.36. The van der Waals surface area contributed by atoms with E-state index in [2.05, 4.69) is 27.5 Å². The van der Waals surface area contributed by atoms with E-state index in [-0.39, 0.29) is 12.1 Å². The standard InChI is InChI=1S/C17H20N4O2/c1-10-7-14(10)23-16(22)12-5-4-6-13(9-12)20-17-19-11(2)8-15(18-3)21-17/h4-6,8-10,14H,7H2,1-3H3,(H2,18,19,20,21). The molecule has 0 bridgehead atoms. The zero-order valence-electron chi connectivity index (χ0n) is 13.5. The van der Waals surface area contributed by atoms with E-state index < -0.39 is 0 Å². The van der Waals surface area contributed by atoms with Gasteiger partial charge >= 0.3 is 5.97 Å². The van der Waals surface area contributed by atoms with Crippen LogP contribution in [0.25, 0.3) is 0 Å². The van der Waals surface area contributed by atoms with Gasteiger partial charge in [-0.15, -0.1) is 0 Å². The van der Waals surface area contributed by atoms with Gasteiger partial charge in [0.05, 0.1) is 5.56 Å². The molecule has 1 heterocycles. The highest BCUT2D eigenvalue weighted by Crippen LogP contribution is 2.33. The zero-order chi connectivity index (χ0) is 16.4. The van der Waals surface area contributed by atoms with E-state index >= 15 is 0 Å². The molecule has 0 amide bonds. The summed E-state index contributed by atoms with van der Waals surface area (Å²) in [6, 6.07) is 9.03. The summed E-state index contributed by atoms with van der Waals surface area (Å²) in [7, 11) is 1.81. The molecule has 1 aromatic carbocycles. The SMILES string of the molecule is CNc1cc(C)nc(Nc2cccc(C(=O)OC3CC3C)c2)n1. The molecule has 0 aliphatic heterocycles. The monoisotopic (exact) mass is 312 g/mol. The van der Waals surface area contributed by atoms with Crippen molar-refractivity contribution in [1.82, 2.24) is 9.97 Å². The normalized spacial score (nSPS) is 19.1. The van der Waals surface area contributed by atoms with E-state index in [4.69, 9.17) is 4.74 Å². The van der Waals surface area contributed by atoms with E-state index in [1.807, 2.05) is 25.1 Å². The molecule has 1 fully saturated rings. The largest absolute Gasteiger partial charge is 0.458 e. The molecule has 23 heavy (non-hydrogen) atoms. The third-order valence-corrected chi connectivity index (χ3v) is 3.76. The minimum Gasteiger partial charge on any atom is -0.458 e. The van der Waals surface area contributed by atoms with Gasteiger partial charge < -0.3 is 15.4 Å².